The summed E-state index contributed by atoms with van der Waals surface area (Å²) in [4.78, 5) is 72.7. The summed E-state index contributed by atoms with van der Waals surface area (Å²) < 4.78 is 42.8. The number of esters is 1. The molecule has 3 aliphatic heterocycles. The Morgan fingerprint density at radius 1 is 0.840 bits per heavy atom. The van der Waals surface area contributed by atoms with E-state index in [1.54, 1.807) is 41.1 Å². The summed E-state index contributed by atoms with van der Waals surface area (Å²) in [6, 6.07) is -1.14. The van der Waals surface area contributed by atoms with Crippen LogP contribution in [-0.2, 0) is 56.8 Å². The largest absolute Gasteiger partial charge is 0.460 e. The van der Waals surface area contributed by atoms with Gasteiger partial charge in [-0.05, 0) is 125 Å². The van der Waals surface area contributed by atoms with Gasteiger partial charge < -0.3 is 48.0 Å². The number of rotatable bonds is 11. The number of fused-ring (bicyclic) bond motifs is 3. The third kappa shape index (κ3) is 17.7. The van der Waals surface area contributed by atoms with Crippen LogP contribution in [0.3, 0.4) is 0 Å². The summed E-state index contributed by atoms with van der Waals surface area (Å²) in [7, 11) is 2.73. The van der Waals surface area contributed by atoms with Crippen molar-refractivity contribution in [3.8, 4) is 0 Å². The highest BCUT2D eigenvalue weighted by Gasteiger charge is 2.53. The topological polar surface area (TPSA) is 194 Å². The molecule has 15 atom stereocenters. The van der Waals surface area contributed by atoms with Gasteiger partial charge in [-0.3, -0.25) is 19.2 Å². The van der Waals surface area contributed by atoms with Crippen LogP contribution in [-0.4, -0.2) is 148 Å². The van der Waals surface area contributed by atoms with Crippen molar-refractivity contribution in [2.24, 2.45) is 35.5 Å². The van der Waals surface area contributed by atoms with Crippen molar-refractivity contribution in [2.75, 3.05) is 41.1 Å². The van der Waals surface area contributed by atoms with E-state index in [4.69, 9.17) is 32.8 Å². The van der Waals surface area contributed by atoms with Gasteiger partial charge >= 0.3 is 5.97 Å². The molecule has 1 aliphatic carbocycles. The summed E-state index contributed by atoms with van der Waals surface area (Å²) >= 11 is 0. The van der Waals surface area contributed by atoms with Crippen LogP contribution in [0.4, 0.5) is 0 Å². The van der Waals surface area contributed by atoms with Crippen LogP contribution in [0.15, 0.2) is 47.6 Å². The molecule has 426 valence electrons. The number of amides is 1. The van der Waals surface area contributed by atoms with Crippen molar-refractivity contribution in [1.29, 1.82) is 0 Å². The molecule has 75 heavy (non-hydrogen) atoms. The summed E-state index contributed by atoms with van der Waals surface area (Å²) in [5.74, 6) is -7.87. The van der Waals surface area contributed by atoms with Crippen molar-refractivity contribution in [1.82, 2.24) is 4.90 Å². The summed E-state index contributed by atoms with van der Waals surface area (Å²) in [5, 5.41) is 23.7. The van der Waals surface area contributed by atoms with Gasteiger partial charge in [-0.1, -0.05) is 91.8 Å². The molecular weight excluding hydrogens is 975 g/mol. The van der Waals surface area contributed by atoms with E-state index in [0.717, 1.165) is 18.4 Å². The number of ketones is 3. The Morgan fingerprint density at radius 2 is 1.55 bits per heavy atom. The van der Waals surface area contributed by atoms with Crippen molar-refractivity contribution in [3.05, 3.63) is 47.6 Å². The number of hydrogen-bond donors (Lipinski definition) is 2. The van der Waals surface area contributed by atoms with E-state index in [9.17, 15) is 34.2 Å². The Hall–Kier alpha value is -3.19. The number of carbonyl (C=O) groups is 5. The van der Waals surface area contributed by atoms with E-state index in [0.29, 0.717) is 70.2 Å². The van der Waals surface area contributed by atoms with Crippen LogP contribution >= 0.6 is 0 Å². The lowest BCUT2D eigenvalue weighted by atomic mass is 9.78. The third-order valence-electron chi connectivity index (χ3n) is 17.1. The molecule has 4 aliphatic rings. The van der Waals surface area contributed by atoms with E-state index in [2.05, 4.69) is 33.9 Å². The number of ether oxygens (including phenoxy) is 6. The van der Waals surface area contributed by atoms with E-state index in [1.165, 1.54) is 12.0 Å². The van der Waals surface area contributed by atoms with Gasteiger partial charge in [0.2, 0.25) is 5.79 Å². The monoisotopic (exact) mass is 1070 g/mol. The highest BCUT2D eigenvalue weighted by Crippen LogP contribution is 2.39. The Balaban J connectivity index is 1.65. The Kier molecular flexibility index (Phi) is 25.0. The smallest absolute Gasteiger partial charge is 0.329 e. The first-order chi connectivity index (χ1) is 35.2. The molecule has 3 heterocycles. The zero-order chi connectivity index (χ0) is 56.0. The molecule has 16 heteroatoms. The van der Waals surface area contributed by atoms with Crippen molar-refractivity contribution < 1.29 is 67.0 Å². The number of nitrogens with zero attached hydrogens (tertiary/aromatic N) is 1. The Bertz CT molecular complexity index is 2030. The number of allylic oxidation sites excluding steroid dienone is 6. The second-order valence-corrected chi connectivity index (χ2v) is 28.9. The first-order valence-corrected chi connectivity index (χ1v) is 30.8. The lowest BCUT2D eigenvalue weighted by molar-refractivity contribution is -0.265. The number of cyclic esters (lactones) is 1. The van der Waals surface area contributed by atoms with Crippen LogP contribution in [0, 0.1) is 35.5 Å². The third-order valence-corrected chi connectivity index (χ3v) is 21.7. The number of hydrogen-bond acceptors (Lipinski definition) is 14. The van der Waals surface area contributed by atoms with Gasteiger partial charge in [0.05, 0.1) is 37.6 Å². The number of methoxy groups -OCH3 is 3. The van der Waals surface area contributed by atoms with Gasteiger partial charge in [-0.2, -0.15) is 0 Å². The van der Waals surface area contributed by atoms with Crippen LogP contribution < -0.4 is 0 Å². The summed E-state index contributed by atoms with van der Waals surface area (Å²) in [5.41, 5.74) is 1.28. The maximum Gasteiger partial charge on any atom is 0.329 e. The molecule has 0 aromatic rings. The second kappa shape index (κ2) is 29.1. The van der Waals surface area contributed by atoms with Gasteiger partial charge in [0.25, 0.3) is 11.7 Å². The van der Waals surface area contributed by atoms with Gasteiger partial charge in [0.15, 0.2) is 14.1 Å². The summed E-state index contributed by atoms with van der Waals surface area (Å²) in [6.45, 7) is 24.9. The van der Waals surface area contributed by atoms with E-state index in [1.807, 2.05) is 58.1 Å². The number of piperidine rings is 1. The molecule has 2 N–H and O–H groups in total. The quantitative estimate of drug-likeness (QED) is 0.0654. The van der Waals surface area contributed by atoms with Gasteiger partial charge in [-0.25, -0.2) is 4.79 Å². The molecule has 15 nitrogen and oxygen atoms in total. The van der Waals surface area contributed by atoms with Gasteiger partial charge in [-0.15, -0.1) is 0 Å². The molecule has 1 saturated carbocycles. The zero-order valence-electron chi connectivity index (χ0n) is 48.4. The number of aliphatic hydroxyl groups is 2. The number of carbonyl (C=O) groups excluding carboxylic acids is 5. The lowest BCUT2D eigenvalue weighted by Gasteiger charge is -2.42. The fourth-order valence-electron chi connectivity index (χ4n) is 11.0. The minimum Gasteiger partial charge on any atom is -0.460 e. The first-order valence-electron chi connectivity index (χ1n) is 27.9. The zero-order valence-corrected chi connectivity index (χ0v) is 49.4. The molecule has 2 bridgehead atoms. The minimum absolute atomic E-state index is 0.0168. The Labute approximate surface area is 451 Å². The fraction of sp³-hybridized carbons (Fsp3) is 0.780. The molecule has 3 fully saturated rings. The maximum absolute atomic E-state index is 14.6. The van der Waals surface area contributed by atoms with E-state index >= 15 is 0 Å². The molecule has 0 unspecified atom stereocenters. The first kappa shape index (κ1) is 64.3. The summed E-state index contributed by atoms with van der Waals surface area (Å²) in [6.07, 6.45) is 12.4. The predicted molar refractivity (Wildman–Crippen MR) is 292 cm³/mol. The van der Waals surface area contributed by atoms with Crippen molar-refractivity contribution >= 4 is 37.5 Å². The SMILES string of the molecule is CO[C@H]1C[C@@H]2CC[C@@H](C)[C@@](O)(O2)C(=O)C(=O)N2CCCC[C@H]2C(=O)O[C@H]([C@H](C)C[C@@H]2CC[C@@H](OCCO[Si](C)(C)C(C)(C)C)[C@H](OC)C2)CC(=O)[C@H](C)/C=C(\C)[C@@H](O)[C@@H](OC)C(=O)[C@H](C)C[C@H](C)/C=C/C=CC=C1C. The molecular formula is C59H97NO14Si. The molecule has 2 saturated heterocycles. The standard InChI is InChI=1S/C59H97NO14Si/c1-37-21-17-16-18-22-38(2)49(68-11)35-45-26-24-43(7)59(67,74-45)55(64)56(65)60-28-20-19-23-46(60)57(66)73-50(36-47(61)39(3)32-42(6)53(63)54(70-13)52(62)41(5)31-37)40(4)33-44-25-27-48(51(34-44)69-12)71-29-30-72-75(14,15)58(8,9)10/h16-18,21-22,32,37,39-41,43-46,48-51,53-54,63,67H,19-20,23-31,33-36H2,1-15H3/b18-16?,21-17+,38-22?,42-32+/t37-,39-,40-,41-,43-,44+,45+,46+,48-,49+,50+,51-,53-,54+,59-/m1/s1. The predicted octanol–water partition coefficient (Wildman–Crippen LogP) is 9.23. The molecule has 4 rings (SSSR count). The fourth-order valence-corrected chi connectivity index (χ4v) is 12.0. The number of Topliss-reactive ketones (excluding diaryl/α,β-unsaturated/α-hetero) is 3. The van der Waals surface area contributed by atoms with Crippen molar-refractivity contribution in [3.63, 3.8) is 0 Å². The van der Waals surface area contributed by atoms with Crippen molar-refractivity contribution in [2.45, 2.75) is 219 Å². The molecule has 1 amide bonds. The Morgan fingerprint density at radius 3 is 2.20 bits per heavy atom. The minimum atomic E-state index is -2.43. The second-order valence-electron chi connectivity index (χ2n) is 24.0. The number of aliphatic hydroxyl groups excluding tert-OH is 1. The highest BCUT2D eigenvalue weighted by molar-refractivity contribution is 6.74. The average Bonchev–Trinajstić information content (AvgIpc) is 3.36. The van der Waals surface area contributed by atoms with Gasteiger partial charge in [0.1, 0.15) is 30.1 Å². The van der Waals surface area contributed by atoms with Gasteiger partial charge in [0, 0.05) is 58.5 Å². The molecule has 0 aromatic heterocycles. The lowest BCUT2D eigenvalue weighted by Crippen LogP contribution is -2.61. The molecule has 0 aromatic carbocycles. The maximum atomic E-state index is 14.6. The van der Waals surface area contributed by atoms with Crippen LogP contribution in [0.25, 0.3) is 0 Å². The van der Waals surface area contributed by atoms with Crippen LogP contribution in [0.1, 0.15) is 146 Å². The highest BCUT2D eigenvalue weighted by atomic mass is 28.4. The van der Waals surface area contributed by atoms with Crippen LogP contribution in [0.2, 0.25) is 18.1 Å². The molecule has 0 radical (unpaired) electrons. The van der Waals surface area contributed by atoms with E-state index < -0.39 is 86.1 Å². The molecule has 0 spiro atoms. The van der Waals surface area contributed by atoms with Crippen LogP contribution in [0.5, 0.6) is 0 Å². The van der Waals surface area contributed by atoms with E-state index in [-0.39, 0.29) is 66.0 Å². The normalized spacial score (nSPS) is 36.0. The average molecular weight is 1070 g/mol.